The van der Waals surface area contributed by atoms with Gasteiger partial charge in [0.15, 0.2) is 5.17 Å². The summed E-state index contributed by atoms with van der Waals surface area (Å²) in [5.41, 5.74) is 1.25. The summed E-state index contributed by atoms with van der Waals surface area (Å²) in [5.74, 6) is 1.99. The molecule has 1 heterocycles. The highest BCUT2D eigenvalue weighted by Gasteiger charge is 2.16. The van der Waals surface area contributed by atoms with Crippen LogP contribution in [0.4, 0.5) is 0 Å². The fourth-order valence-corrected chi connectivity index (χ4v) is 2.82. The van der Waals surface area contributed by atoms with Crippen molar-refractivity contribution in [2.75, 3.05) is 40.0 Å². The van der Waals surface area contributed by atoms with E-state index in [2.05, 4.69) is 41.4 Å². The predicted molar refractivity (Wildman–Crippen MR) is 82.2 cm³/mol. The van der Waals surface area contributed by atoms with E-state index in [0.29, 0.717) is 6.04 Å². The number of nitrogens with one attached hydrogen (secondary N) is 1. The van der Waals surface area contributed by atoms with Crippen LogP contribution in [0.2, 0.25) is 0 Å². The number of rotatable bonds is 5. The van der Waals surface area contributed by atoms with E-state index in [1.807, 2.05) is 12.1 Å². The summed E-state index contributed by atoms with van der Waals surface area (Å²) in [5, 5.41) is 4.49. The summed E-state index contributed by atoms with van der Waals surface area (Å²) in [4.78, 5) is 6.63. The third-order valence-electron chi connectivity index (χ3n) is 3.13. The molecule has 2 rings (SSSR count). The van der Waals surface area contributed by atoms with Gasteiger partial charge in [-0.15, -0.1) is 0 Å². The standard InChI is InChI=1S/C14H21N3OS/c1-17(2)13(10-16-14-15-7-8-19-14)11-5-4-6-12(9-11)18-3/h4-6,9,13H,7-8,10H2,1-3H3,(H,15,16). The van der Waals surface area contributed by atoms with Crippen molar-refractivity contribution in [2.24, 2.45) is 4.99 Å². The van der Waals surface area contributed by atoms with Crippen LogP contribution in [0.5, 0.6) is 5.75 Å². The maximum absolute atomic E-state index is 5.30. The van der Waals surface area contributed by atoms with Crippen LogP contribution in [0.15, 0.2) is 29.3 Å². The average Bonchev–Trinajstić information content (AvgIpc) is 2.92. The number of amidine groups is 1. The van der Waals surface area contributed by atoms with Gasteiger partial charge in [0.05, 0.1) is 19.7 Å². The molecule has 0 fully saturated rings. The van der Waals surface area contributed by atoms with Crippen molar-refractivity contribution in [1.82, 2.24) is 10.2 Å². The molecule has 1 aliphatic rings. The summed E-state index contributed by atoms with van der Waals surface area (Å²) in [6.45, 7) is 1.78. The zero-order valence-corrected chi connectivity index (χ0v) is 12.5. The van der Waals surface area contributed by atoms with Gasteiger partial charge in [-0.2, -0.15) is 0 Å². The highest BCUT2D eigenvalue weighted by atomic mass is 32.2. The molecule has 1 aliphatic heterocycles. The number of hydrogen-bond acceptors (Lipinski definition) is 5. The van der Waals surface area contributed by atoms with Gasteiger partial charge < -0.3 is 15.0 Å². The van der Waals surface area contributed by atoms with Gasteiger partial charge in [0, 0.05) is 12.3 Å². The van der Waals surface area contributed by atoms with Crippen LogP contribution in [0.25, 0.3) is 0 Å². The topological polar surface area (TPSA) is 36.9 Å². The molecule has 1 unspecified atom stereocenters. The van der Waals surface area contributed by atoms with Crippen LogP contribution in [0.3, 0.4) is 0 Å². The van der Waals surface area contributed by atoms with E-state index >= 15 is 0 Å². The molecule has 1 N–H and O–H groups in total. The Morgan fingerprint density at radius 3 is 2.95 bits per heavy atom. The molecule has 0 saturated heterocycles. The normalized spacial score (nSPS) is 16.3. The number of methoxy groups -OCH3 is 1. The van der Waals surface area contributed by atoms with E-state index in [1.54, 1.807) is 18.9 Å². The largest absolute Gasteiger partial charge is 0.497 e. The maximum atomic E-state index is 5.30. The molecule has 1 aromatic carbocycles. The van der Waals surface area contributed by atoms with Gasteiger partial charge in [0.2, 0.25) is 0 Å². The predicted octanol–water partition coefficient (Wildman–Crippen LogP) is 1.99. The molecule has 0 saturated carbocycles. The van der Waals surface area contributed by atoms with Crippen molar-refractivity contribution >= 4 is 16.9 Å². The molecular formula is C14H21N3OS. The zero-order chi connectivity index (χ0) is 13.7. The minimum Gasteiger partial charge on any atom is -0.497 e. The first-order chi connectivity index (χ1) is 9.20. The minimum atomic E-state index is 0.305. The van der Waals surface area contributed by atoms with Crippen LogP contribution in [0, 0.1) is 0 Å². The van der Waals surface area contributed by atoms with E-state index in [9.17, 15) is 0 Å². The molecule has 0 radical (unpaired) electrons. The van der Waals surface area contributed by atoms with Gasteiger partial charge >= 0.3 is 0 Å². The Bertz CT molecular complexity index is 448. The molecule has 1 atom stereocenters. The lowest BCUT2D eigenvalue weighted by atomic mass is 10.1. The van der Waals surface area contributed by atoms with Crippen molar-refractivity contribution in [3.8, 4) is 5.75 Å². The van der Waals surface area contributed by atoms with Crippen molar-refractivity contribution in [1.29, 1.82) is 0 Å². The van der Waals surface area contributed by atoms with Crippen LogP contribution in [-0.4, -0.2) is 50.1 Å². The summed E-state index contributed by atoms with van der Waals surface area (Å²) in [6.07, 6.45) is 0. The molecule has 0 aliphatic carbocycles. The Kier molecular flexibility index (Phi) is 5.10. The van der Waals surface area contributed by atoms with Crippen molar-refractivity contribution in [3.63, 3.8) is 0 Å². The summed E-state index contributed by atoms with van der Waals surface area (Å²) in [6, 6.07) is 8.54. The van der Waals surface area contributed by atoms with E-state index in [-0.39, 0.29) is 0 Å². The van der Waals surface area contributed by atoms with Crippen molar-refractivity contribution in [3.05, 3.63) is 29.8 Å². The van der Waals surface area contributed by atoms with Gasteiger partial charge in [-0.05, 0) is 31.8 Å². The van der Waals surface area contributed by atoms with Crippen LogP contribution in [0.1, 0.15) is 11.6 Å². The molecule has 0 amide bonds. The van der Waals surface area contributed by atoms with Crippen molar-refractivity contribution in [2.45, 2.75) is 6.04 Å². The highest BCUT2D eigenvalue weighted by Crippen LogP contribution is 2.22. The third kappa shape index (κ3) is 3.88. The van der Waals surface area contributed by atoms with Crippen molar-refractivity contribution < 1.29 is 4.74 Å². The SMILES string of the molecule is COc1cccc(C(CNC2=NCCS2)N(C)C)c1. The molecule has 0 aromatic heterocycles. The second-order valence-corrected chi connectivity index (χ2v) is 5.76. The summed E-state index contributed by atoms with van der Waals surface area (Å²) in [7, 11) is 5.89. The molecule has 0 bridgehead atoms. The van der Waals surface area contributed by atoms with E-state index in [1.165, 1.54) is 5.56 Å². The Hall–Kier alpha value is -1.20. The van der Waals surface area contributed by atoms with E-state index < -0.39 is 0 Å². The van der Waals surface area contributed by atoms with Gasteiger partial charge in [0.25, 0.3) is 0 Å². The molecule has 5 heteroatoms. The van der Waals surface area contributed by atoms with Gasteiger partial charge in [0.1, 0.15) is 5.75 Å². The summed E-state index contributed by atoms with van der Waals surface area (Å²) < 4.78 is 5.30. The second-order valence-electron chi connectivity index (χ2n) is 4.67. The molecule has 1 aromatic rings. The van der Waals surface area contributed by atoms with Gasteiger partial charge in [-0.25, -0.2) is 0 Å². The molecule has 19 heavy (non-hydrogen) atoms. The average molecular weight is 279 g/mol. The fourth-order valence-electron chi connectivity index (χ4n) is 2.07. The lowest BCUT2D eigenvalue weighted by Crippen LogP contribution is -2.33. The summed E-state index contributed by atoms with van der Waals surface area (Å²) >= 11 is 1.79. The smallest absolute Gasteiger partial charge is 0.156 e. The van der Waals surface area contributed by atoms with Crippen LogP contribution >= 0.6 is 11.8 Å². The monoisotopic (exact) mass is 279 g/mol. The minimum absolute atomic E-state index is 0.305. The Morgan fingerprint density at radius 2 is 2.32 bits per heavy atom. The number of ether oxygens (including phenoxy) is 1. The molecule has 104 valence electrons. The lowest BCUT2D eigenvalue weighted by molar-refractivity contribution is 0.298. The molecular weight excluding hydrogens is 258 g/mol. The number of hydrogen-bond donors (Lipinski definition) is 1. The first kappa shape index (κ1) is 14.2. The Labute approximate surface area is 119 Å². The zero-order valence-electron chi connectivity index (χ0n) is 11.7. The van der Waals surface area contributed by atoms with Crippen LogP contribution < -0.4 is 10.1 Å². The fraction of sp³-hybridized carbons (Fsp3) is 0.500. The number of likely N-dealkylation sites (N-methyl/N-ethyl adjacent to an activating group) is 1. The number of nitrogens with zero attached hydrogens (tertiary/aromatic N) is 2. The number of aliphatic imine (C=N–C) groups is 1. The van der Waals surface area contributed by atoms with E-state index in [4.69, 9.17) is 4.74 Å². The first-order valence-electron chi connectivity index (χ1n) is 6.42. The highest BCUT2D eigenvalue weighted by molar-refractivity contribution is 8.14. The second kappa shape index (κ2) is 6.82. The quantitative estimate of drug-likeness (QED) is 0.894. The first-order valence-corrected chi connectivity index (χ1v) is 7.41. The molecule has 0 spiro atoms. The number of benzene rings is 1. The Morgan fingerprint density at radius 1 is 1.47 bits per heavy atom. The molecule has 4 nitrogen and oxygen atoms in total. The van der Waals surface area contributed by atoms with Gasteiger partial charge in [-0.3, -0.25) is 4.99 Å². The van der Waals surface area contributed by atoms with Crippen LogP contribution in [-0.2, 0) is 0 Å². The maximum Gasteiger partial charge on any atom is 0.156 e. The van der Waals surface area contributed by atoms with Gasteiger partial charge in [-0.1, -0.05) is 23.9 Å². The Balaban J connectivity index is 2.05. The third-order valence-corrected chi connectivity index (χ3v) is 4.07. The lowest BCUT2D eigenvalue weighted by Gasteiger charge is -2.25. The number of thioether (sulfide) groups is 1. The van der Waals surface area contributed by atoms with E-state index in [0.717, 1.165) is 29.8 Å².